The zero-order valence-electron chi connectivity index (χ0n) is 52.2. The number of carbonyl (C=O) groups excluding carboxylic acids is 2. The van der Waals surface area contributed by atoms with Crippen molar-refractivity contribution in [1.29, 1.82) is 0 Å². The Hall–Kier alpha value is -2.03. The van der Waals surface area contributed by atoms with Crippen LogP contribution in [-0.4, -0.2) is 74.9 Å². The molecule has 0 bridgehead atoms. The van der Waals surface area contributed by atoms with Crippen LogP contribution in [0.1, 0.15) is 322 Å². The average molecular weight is 1120 g/mol. The van der Waals surface area contributed by atoms with Crippen LogP contribution < -0.4 is 0 Å². The maximum atomic E-state index is 12.8. The standard InChI is InChI=1S/C68H128NO8P/c1-6-8-10-12-14-16-18-20-22-24-26-27-28-29-30-31-32-33-34-35-36-37-38-39-40-41-43-44-46-48-50-52-54-56-58-60-67(70)74-64-66(65-76-78(72,73)75-63-62-69(3,4)5)77-68(71)61-59-57-55-53-51-49-47-45-42-25-23-21-19-17-15-13-11-9-7-2/h15,17,21,23-24,26,42,45,66H,6-14,16,18-20,22,25,27-41,43-44,46-65H2,1-5H3/p+1/b17-15-,23-21-,26-24-,45-42-. The van der Waals surface area contributed by atoms with E-state index in [9.17, 15) is 19.0 Å². The van der Waals surface area contributed by atoms with E-state index in [2.05, 4.69) is 62.5 Å². The van der Waals surface area contributed by atoms with E-state index in [0.717, 1.165) is 70.6 Å². The van der Waals surface area contributed by atoms with Gasteiger partial charge in [-0.05, 0) is 77.0 Å². The van der Waals surface area contributed by atoms with Crippen molar-refractivity contribution in [2.24, 2.45) is 0 Å². The fourth-order valence-corrected chi connectivity index (χ4v) is 10.4. The van der Waals surface area contributed by atoms with Crippen molar-refractivity contribution < 1.29 is 42.1 Å². The maximum absolute atomic E-state index is 12.8. The van der Waals surface area contributed by atoms with Crippen LogP contribution in [-0.2, 0) is 32.7 Å². The van der Waals surface area contributed by atoms with Gasteiger partial charge in [0.05, 0.1) is 27.7 Å². The number of allylic oxidation sites excluding steroid dienone is 8. The molecule has 0 radical (unpaired) electrons. The number of rotatable bonds is 62. The topological polar surface area (TPSA) is 108 Å². The third-order valence-electron chi connectivity index (χ3n) is 14.8. The van der Waals surface area contributed by atoms with Gasteiger partial charge in [-0.1, -0.05) is 281 Å². The normalized spacial score (nSPS) is 13.5. The molecule has 0 fully saturated rings. The summed E-state index contributed by atoms with van der Waals surface area (Å²) in [6.07, 6.45) is 76.5. The molecule has 0 aromatic heterocycles. The van der Waals surface area contributed by atoms with Gasteiger partial charge in [-0.15, -0.1) is 0 Å². The Bertz CT molecular complexity index is 1460. The van der Waals surface area contributed by atoms with Crippen LogP contribution in [0.3, 0.4) is 0 Å². The Balaban J connectivity index is 3.97. The molecule has 0 amide bonds. The fourth-order valence-electron chi connectivity index (χ4n) is 9.67. The molecule has 0 saturated heterocycles. The molecule has 10 heteroatoms. The molecule has 0 aromatic rings. The summed E-state index contributed by atoms with van der Waals surface area (Å²) in [6, 6.07) is 0. The van der Waals surface area contributed by atoms with E-state index >= 15 is 0 Å². The minimum Gasteiger partial charge on any atom is -0.462 e. The minimum atomic E-state index is -4.39. The van der Waals surface area contributed by atoms with Gasteiger partial charge >= 0.3 is 19.8 Å². The smallest absolute Gasteiger partial charge is 0.462 e. The predicted octanol–water partition coefficient (Wildman–Crippen LogP) is 21.3. The zero-order chi connectivity index (χ0) is 57.0. The molecule has 0 aromatic carbocycles. The van der Waals surface area contributed by atoms with E-state index in [1.165, 1.54) is 218 Å². The highest BCUT2D eigenvalue weighted by molar-refractivity contribution is 7.47. The minimum absolute atomic E-state index is 0.0293. The van der Waals surface area contributed by atoms with Crippen molar-refractivity contribution >= 4 is 19.8 Å². The number of likely N-dealkylation sites (N-methyl/N-ethyl adjacent to an activating group) is 1. The Kier molecular flexibility index (Phi) is 58.0. The van der Waals surface area contributed by atoms with Crippen molar-refractivity contribution in [2.75, 3.05) is 47.5 Å². The highest BCUT2D eigenvalue weighted by Gasteiger charge is 2.27. The number of hydrogen-bond acceptors (Lipinski definition) is 7. The van der Waals surface area contributed by atoms with Gasteiger partial charge in [0.25, 0.3) is 0 Å². The first-order valence-electron chi connectivity index (χ1n) is 33.4. The maximum Gasteiger partial charge on any atom is 0.472 e. The van der Waals surface area contributed by atoms with Crippen LogP contribution in [0.5, 0.6) is 0 Å². The fraction of sp³-hybridized carbons (Fsp3) is 0.853. The lowest BCUT2D eigenvalue weighted by Gasteiger charge is -2.24. The molecule has 0 aliphatic carbocycles. The summed E-state index contributed by atoms with van der Waals surface area (Å²) in [5, 5.41) is 0. The number of carbonyl (C=O) groups is 2. The van der Waals surface area contributed by atoms with E-state index in [0.29, 0.717) is 17.4 Å². The largest absolute Gasteiger partial charge is 0.472 e. The lowest BCUT2D eigenvalue weighted by molar-refractivity contribution is -0.870. The third kappa shape index (κ3) is 63.2. The summed E-state index contributed by atoms with van der Waals surface area (Å²) >= 11 is 0. The summed E-state index contributed by atoms with van der Waals surface area (Å²) in [4.78, 5) is 35.8. The number of ether oxygens (including phenoxy) is 2. The van der Waals surface area contributed by atoms with Crippen molar-refractivity contribution in [3.8, 4) is 0 Å². The first-order valence-corrected chi connectivity index (χ1v) is 34.9. The summed E-state index contributed by atoms with van der Waals surface area (Å²) in [5.41, 5.74) is 0. The molecular weight excluding hydrogens is 990 g/mol. The number of unbranched alkanes of at least 4 members (excludes halogenated alkanes) is 40. The van der Waals surface area contributed by atoms with Gasteiger partial charge in [0.15, 0.2) is 6.10 Å². The number of phosphoric ester groups is 1. The molecule has 2 unspecified atom stereocenters. The molecule has 9 nitrogen and oxygen atoms in total. The van der Waals surface area contributed by atoms with Gasteiger partial charge in [0.1, 0.15) is 19.8 Å². The van der Waals surface area contributed by atoms with Crippen molar-refractivity contribution in [3.63, 3.8) is 0 Å². The second kappa shape index (κ2) is 59.6. The molecule has 0 spiro atoms. The summed E-state index contributed by atoms with van der Waals surface area (Å²) in [5.74, 6) is -0.799. The number of quaternary nitrogens is 1. The summed E-state index contributed by atoms with van der Waals surface area (Å²) in [6.45, 7) is 4.43. The first-order chi connectivity index (χ1) is 38.0. The Morgan fingerprint density at radius 2 is 0.692 bits per heavy atom. The Labute approximate surface area is 484 Å². The van der Waals surface area contributed by atoms with E-state index in [4.69, 9.17) is 18.5 Å². The van der Waals surface area contributed by atoms with Gasteiger partial charge in [0.2, 0.25) is 0 Å². The zero-order valence-corrected chi connectivity index (χ0v) is 53.1. The predicted molar refractivity (Wildman–Crippen MR) is 335 cm³/mol. The highest BCUT2D eigenvalue weighted by atomic mass is 31.2. The van der Waals surface area contributed by atoms with Crippen molar-refractivity contribution in [3.05, 3.63) is 48.6 Å². The van der Waals surface area contributed by atoms with E-state index in [1.807, 2.05) is 21.1 Å². The van der Waals surface area contributed by atoms with Crippen molar-refractivity contribution in [1.82, 2.24) is 0 Å². The highest BCUT2D eigenvalue weighted by Crippen LogP contribution is 2.43. The van der Waals surface area contributed by atoms with Crippen LogP contribution in [0.2, 0.25) is 0 Å². The van der Waals surface area contributed by atoms with E-state index in [-0.39, 0.29) is 32.0 Å². The van der Waals surface area contributed by atoms with Gasteiger partial charge in [-0.3, -0.25) is 18.6 Å². The van der Waals surface area contributed by atoms with E-state index < -0.39 is 26.5 Å². The van der Waals surface area contributed by atoms with Gasteiger partial charge in [-0.2, -0.15) is 0 Å². The molecule has 1 N–H and O–H groups in total. The van der Waals surface area contributed by atoms with Crippen LogP contribution in [0.4, 0.5) is 0 Å². The van der Waals surface area contributed by atoms with Crippen LogP contribution in [0.25, 0.3) is 0 Å². The second-order valence-electron chi connectivity index (χ2n) is 23.9. The molecule has 458 valence electrons. The summed E-state index contributed by atoms with van der Waals surface area (Å²) < 4.78 is 34.6. The molecule has 2 atom stereocenters. The second-order valence-corrected chi connectivity index (χ2v) is 25.3. The first kappa shape index (κ1) is 76.0. The molecule has 78 heavy (non-hydrogen) atoms. The van der Waals surface area contributed by atoms with E-state index in [1.54, 1.807) is 0 Å². The number of phosphoric acid groups is 1. The molecule has 0 rings (SSSR count). The molecule has 0 aliphatic heterocycles. The molecule has 0 heterocycles. The SMILES string of the molecule is CCCCC/C=C\C/C=C\C/C=C\CCCCCCCCC(=O)OC(COC(=O)CCCCCCCCCCCCCCCCCCCCCCCCC/C=C\CCCCCCCCCC)COP(=O)(O)OCC[N+](C)(C)C. The van der Waals surface area contributed by atoms with Crippen LogP contribution in [0, 0.1) is 0 Å². The Morgan fingerprint density at radius 1 is 0.397 bits per heavy atom. The lowest BCUT2D eigenvalue weighted by atomic mass is 10.0. The van der Waals surface area contributed by atoms with Crippen LogP contribution in [0.15, 0.2) is 48.6 Å². The van der Waals surface area contributed by atoms with Gasteiger partial charge in [-0.25, -0.2) is 4.57 Å². The Morgan fingerprint density at radius 3 is 1.06 bits per heavy atom. The lowest BCUT2D eigenvalue weighted by Crippen LogP contribution is -2.37. The van der Waals surface area contributed by atoms with Crippen LogP contribution >= 0.6 is 7.82 Å². The quantitative estimate of drug-likeness (QED) is 0.0211. The molecule has 0 saturated carbocycles. The molecular formula is C68H129NO8P+. The van der Waals surface area contributed by atoms with Gasteiger partial charge in [0, 0.05) is 12.8 Å². The van der Waals surface area contributed by atoms with Crippen molar-refractivity contribution in [2.45, 2.75) is 328 Å². The summed E-state index contributed by atoms with van der Waals surface area (Å²) in [7, 11) is 1.48. The number of nitrogens with zero attached hydrogens (tertiary/aromatic N) is 1. The average Bonchev–Trinajstić information content (AvgIpc) is 3.41. The van der Waals surface area contributed by atoms with Gasteiger partial charge < -0.3 is 18.9 Å². The molecule has 0 aliphatic rings. The third-order valence-corrected chi connectivity index (χ3v) is 15.8. The number of hydrogen-bond donors (Lipinski definition) is 1. The monoisotopic (exact) mass is 1120 g/mol. The number of esters is 2.